The maximum absolute atomic E-state index is 13.4. The summed E-state index contributed by atoms with van der Waals surface area (Å²) >= 11 is 0. The zero-order valence-electron chi connectivity index (χ0n) is 22.2. The fourth-order valence-corrected chi connectivity index (χ4v) is 5.41. The molecule has 0 spiro atoms. The first-order chi connectivity index (χ1) is 20.0. The zero-order chi connectivity index (χ0) is 28.5. The second kappa shape index (κ2) is 10.8. The van der Waals surface area contributed by atoms with E-state index in [0.29, 0.717) is 58.8 Å². The molecule has 1 N–H and O–H groups in total. The van der Waals surface area contributed by atoms with Crippen LogP contribution in [-0.2, 0) is 22.6 Å². The first kappa shape index (κ1) is 26.2. The van der Waals surface area contributed by atoms with Crippen molar-refractivity contribution in [3.8, 4) is 33.9 Å². The Kier molecular flexibility index (Phi) is 6.91. The molecule has 1 aliphatic carbocycles. The molecule has 1 aliphatic heterocycles. The Bertz CT molecular complexity index is 1980. The van der Waals surface area contributed by atoms with Crippen molar-refractivity contribution in [3.63, 3.8) is 0 Å². The van der Waals surface area contributed by atoms with Crippen molar-refractivity contribution < 1.29 is 23.8 Å². The molecule has 2 aliphatic rings. The Morgan fingerprint density at radius 1 is 0.878 bits per heavy atom. The first-order valence-corrected chi connectivity index (χ1v) is 13.0. The molecule has 0 amide bonds. The molecule has 41 heavy (non-hydrogen) atoms. The summed E-state index contributed by atoms with van der Waals surface area (Å²) in [4.78, 5) is 26.7. The Hall–Kier alpha value is -5.08. The van der Waals surface area contributed by atoms with Crippen LogP contribution in [0, 0.1) is 0 Å². The van der Waals surface area contributed by atoms with Gasteiger partial charge >= 0.3 is 184 Å². The van der Waals surface area contributed by atoms with E-state index in [1.54, 1.807) is 36.4 Å². The summed E-state index contributed by atoms with van der Waals surface area (Å²) < 4.78 is 23.2. The molecule has 4 aromatic carbocycles. The number of hydrogen-bond donors (Lipinski definition) is 1. The fraction of sp³-hybridized carbons (Fsp3) is 0.0909. The van der Waals surface area contributed by atoms with E-state index < -0.39 is 0 Å². The number of aromatic hydroxyl groups is 1. The number of phenolic OH excluding ortho intramolecular Hbond substituents is 1. The number of benzene rings is 5. The van der Waals surface area contributed by atoms with Crippen LogP contribution in [-0.4, -0.2) is 30.7 Å². The van der Waals surface area contributed by atoms with E-state index in [1.807, 2.05) is 60.5 Å². The van der Waals surface area contributed by atoms with Gasteiger partial charge in [0.05, 0.1) is 0 Å². The van der Waals surface area contributed by atoms with Crippen LogP contribution in [0.2, 0.25) is 0 Å². The standard InChI is InChI=1S/C33H24BNO6/c1-35(17-21-6-2-4-8-28(21)34-39)18-22-15-27-31(16-29(22)38)41-33-24-13-11-23(37)14-20(24)10-12-26(33)32(27)25-7-3-5-9-30(25)40-19-36/h2-16,19,37H,17-18H2,1H3. The van der Waals surface area contributed by atoms with E-state index in [-0.39, 0.29) is 11.2 Å². The topological polar surface area (TPSA) is 97.1 Å². The van der Waals surface area contributed by atoms with E-state index in [0.717, 1.165) is 34.4 Å². The molecule has 8 heteroatoms. The van der Waals surface area contributed by atoms with Gasteiger partial charge in [-0.2, -0.15) is 0 Å². The van der Waals surface area contributed by atoms with Gasteiger partial charge in [-0.05, 0) is 23.6 Å². The number of nitrogens with zero attached hydrogens (tertiary/aromatic N) is 1. The van der Waals surface area contributed by atoms with Gasteiger partial charge in [0.2, 0.25) is 0 Å². The molecule has 0 atom stereocenters. The summed E-state index contributed by atoms with van der Waals surface area (Å²) in [6.45, 7) is 1.21. The van der Waals surface area contributed by atoms with E-state index >= 15 is 0 Å². The normalized spacial score (nSPS) is 11.3. The molecule has 0 saturated heterocycles. The van der Waals surface area contributed by atoms with Crippen LogP contribution in [0.4, 0.5) is 0 Å². The van der Waals surface area contributed by atoms with Gasteiger partial charge in [0.15, 0.2) is 0 Å². The molecule has 4 aromatic rings. The number of phenols is 1. The molecular formula is C33H24BNO6. The molecule has 0 aromatic heterocycles. The van der Waals surface area contributed by atoms with Crippen LogP contribution < -0.4 is 15.6 Å². The number of hydrogen-bond acceptors (Lipinski definition) is 7. The van der Waals surface area contributed by atoms with E-state index in [4.69, 9.17) is 9.15 Å². The first-order valence-electron chi connectivity index (χ1n) is 13.0. The maximum atomic E-state index is 13.4. The van der Waals surface area contributed by atoms with Crippen molar-refractivity contribution in [1.82, 2.24) is 4.90 Å². The SMILES string of the molecule is CN(Cc1ccccc1B=O)Cc1cc2c(-c3ccccc3OC=O)c3ccc4cc(O)ccc4c3oc-2cc1=O. The number of ether oxygens (including phenoxy) is 1. The Morgan fingerprint density at radius 3 is 2.46 bits per heavy atom. The predicted octanol–water partition coefficient (Wildman–Crippen LogP) is 5.27. The van der Waals surface area contributed by atoms with Crippen molar-refractivity contribution in [1.29, 1.82) is 0 Å². The van der Waals surface area contributed by atoms with Crippen molar-refractivity contribution in [3.05, 3.63) is 112 Å². The summed E-state index contributed by atoms with van der Waals surface area (Å²) in [7, 11) is 2.73. The van der Waals surface area contributed by atoms with Crippen LogP contribution in [0.1, 0.15) is 11.1 Å². The second-order valence-electron chi connectivity index (χ2n) is 9.98. The molecule has 7 nitrogen and oxygen atoms in total. The third-order valence-electron chi connectivity index (χ3n) is 7.26. The zero-order valence-corrected chi connectivity index (χ0v) is 22.2. The summed E-state index contributed by atoms with van der Waals surface area (Å²) in [5, 5.41) is 12.3. The molecule has 0 unspecified atom stereocenters. The van der Waals surface area contributed by atoms with Crippen molar-refractivity contribution in [2.75, 3.05) is 7.05 Å². The Balaban J connectivity index is 1.57. The van der Waals surface area contributed by atoms with E-state index in [9.17, 15) is 19.4 Å². The molecule has 0 saturated carbocycles. The third-order valence-corrected chi connectivity index (χ3v) is 7.26. The predicted molar refractivity (Wildman–Crippen MR) is 158 cm³/mol. The van der Waals surface area contributed by atoms with Crippen LogP contribution >= 0.6 is 0 Å². The Morgan fingerprint density at radius 2 is 1.63 bits per heavy atom. The van der Waals surface area contributed by atoms with E-state index in [1.165, 1.54) is 6.07 Å². The van der Waals surface area contributed by atoms with Crippen molar-refractivity contribution >= 4 is 40.8 Å². The van der Waals surface area contributed by atoms with Crippen LogP contribution in [0.25, 0.3) is 44.2 Å². The summed E-state index contributed by atoms with van der Waals surface area (Å²) in [6, 6.07) is 26.7. The molecule has 0 fully saturated rings. The van der Waals surface area contributed by atoms with Gasteiger partial charge in [0.1, 0.15) is 5.75 Å². The number of carbonyl (C=O) groups is 1. The monoisotopic (exact) mass is 541 g/mol. The van der Waals surface area contributed by atoms with Gasteiger partial charge in [0, 0.05) is 0 Å². The summed E-state index contributed by atoms with van der Waals surface area (Å²) in [5.41, 5.74) is 4.51. The molecule has 200 valence electrons. The van der Waals surface area contributed by atoms with Gasteiger partial charge < -0.3 is 5.11 Å². The van der Waals surface area contributed by atoms with Crippen LogP contribution in [0.5, 0.6) is 11.5 Å². The summed E-state index contributed by atoms with van der Waals surface area (Å²) in [5.74, 6) is 0.892. The number of para-hydroxylation sites is 1. The molecule has 0 radical (unpaired) electrons. The van der Waals surface area contributed by atoms with E-state index in [2.05, 4.69) is 0 Å². The van der Waals surface area contributed by atoms with Gasteiger partial charge in [0.25, 0.3) is 6.47 Å². The minimum atomic E-state index is -0.183. The average molecular weight is 541 g/mol. The van der Waals surface area contributed by atoms with Gasteiger partial charge in [-0.1, -0.05) is 6.07 Å². The van der Waals surface area contributed by atoms with Crippen LogP contribution in [0.3, 0.4) is 0 Å². The van der Waals surface area contributed by atoms with Crippen LogP contribution in [0.15, 0.2) is 100 Å². The molecule has 6 rings (SSSR count). The summed E-state index contributed by atoms with van der Waals surface area (Å²) in [6.07, 6.45) is 0. The fourth-order valence-electron chi connectivity index (χ4n) is 5.41. The third kappa shape index (κ3) is 4.90. The number of carbonyl (C=O) groups excluding carboxylic acids is 1. The molecule has 0 bridgehead atoms. The molecular weight excluding hydrogens is 517 g/mol. The quantitative estimate of drug-likeness (QED) is 0.121. The van der Waals surface area contributed by atoms with Crippen molar-refractivity contribution in [2.24, 2.45) is 0 Å². The second-order valence-corrected chi connectivity index (χ2v) is 9.98. The minimum absolute atomic E-state index is 0.133. The average Bonchev–Trinajstić information content (AvgIpc) is 2.97. The van der Waals surface area contributed by atoms with Gasteiger partial charge in [-0.15, -0.1) is 0 Å². The molecule has 1 heterocycles. The number of fused-ring (bicyclic) bond motifs is 4. The van der Waals surface area contributed by atoms with Gasteiger partial charge in [-0.25, -0.2) is 0 Å². The number of rotatable bonds is 8. The van der Waals surface area contributed by atoms with Gasteiger partial charge in [-0.3, -0.25) is 4.79 Å². The Labute approximate surface area is 235 Å². The van der Waals surface area contributed by atoms with Crippen molar-refractivity contribution in [2.45, 2.75) is 13.1 Å².